The molecular weight excluding hydrogens is 360 g/mol. The van der Waals surface area contributed by atoms with Crippen molar-refractivity contribution in [1.29, 1.82) is 0 Å². The number of nitrogens with one attached hydrogen (secondary N) is 1. The smallest absolute Gasteiger partial charge is 0.306 e. The molecule has 0 saturated heterocycles. The molecule has 1 heterocycles. The highest BCUT2D eigenvalue weighted by Crippen LogP contribution is 2.26. The van der Waals surface area contributed by atoms with Crippen LogP contribution in [0.4, 0.5) is 0 Å². The van der Waals surface area contributed by atoms with Gasteiger partial charge in [-0.15, -0.1) is 11.3 Å². The molecule has 1 fully saturated rings. The summed E-state index contributed by atoms with van der Waals surface area (Å²) in [6.07, 6.45) is 2.92. The van der Waals surface area contributed by atoms with E-state index in [-0.39, 0.29) is 24.3 Å². The number of amides is 1. The van der Waals surface area contributed by atoms with E-state index in [9.17, 15) is 9.59 Å². The third-order valence-electron chi connectivity index (χ3n) is 4.43. The van der Waals surface area contributed by atoms with Gasteiger partial charge in [-0.25, -0.2) is 4.98 Å². The van der Waals surface area contributed by atoms with Crippen LogP contribution in [-0.4, -0.2) is 28.0 Å². The number of nitrogens with zero attached hydrogens (tertiary/aromatic N) is 1. The second-order valence-electron chi connectivity index (χ2n) is 6.28. The third-order valence-corrected chi connectivity index (χ3v) is 5.62. The summed E-state index contributed by atoms with van der Waals surface area (Å²) in [4.78, 5) is 27.7. The lowest BCUT2D eigenvalue weighted by Gasteiger charge is -2.26. The van der Waals surface area contributed by atoms with Crippen molar-refractivity contribution < 1.29 is 14.7 Å². The van der Waals surface area contributed by atoms with Crippen LogP contribution in [0.15, 0.2) is 29.6 Å². The van der Waals surface area contributed by atoms with Crippen molar-refractivity contribution >= 4 is 34.8 Å². The van der Waals surface area contributed by atoms with Crippen molar-refractivity contribution in [2.45, 2.75) is 38.1 Å². The molecule has 0 spiro atoms. The minimum atomic E-state index is -0.734. The van der Waals surface area contributed by atoms with E-state index in [1.54, 1.807) is 0 Å². The summed E-state index contributed by atoms with van der Waals surface area (Å²) in [7, 11) is 0. The van der Waals surface area contributed by atoms with Gasteiger partial charge in [0.25, 0.3) is 0 Å². The van der Waals surface area contributed by atoms with Gasteiger partial charge in [0.05, 0.1) is 18.0 Å². The van der Waals surface area contributed by atoms with Gasteiger partial charge in [-0.05, 0) is 37.8 Å². The van der Waals surface area contributed by atoms with Gasteiger partial charge in [0.1, 0.15) is 5.01 Å². The van der Waals surface area contributed by atoms with E-state index >= 15 is 0 Å². The van der Waals surface area contributed by atoms with E-state index in [1.165, 1.54) is 11.3 Å². The number of aromatic nitrogens is 1. The van der Waals surface area contributed by atoms with E-state index < -0.39 is 5.97 Å². The first-order chi connectivity index (χ1) is 12.0. The van der Waals surface area contributed by atoms with Crippen LogP contribution in [0.2, 0.25) is 5.02 Å². The maximum Gasteiger partial charge on any atom is 0.306 e. The first-order valence-corrected chi connectivity index (χ1v) is 9.49. The molecule has 1 saturated carbocycles. The minimum Gasteiger partial charge on any atom is -0.481 e. The first-order valence-electron chi connectivity index (χ1n) is 8.24. The zero-order chi connectivity index (χ0) is 17.8. The fraction of sp³-hybridized carbons (Fsp3) is 0.389. The number of benzene rings is 1. The lowest BCUT2D eigenvalue weighted by molar-refractivity contribution is -0.142. The number of carbonyl (C=O) groups is 2. The molecule has 1 aliphatic rings. The fourth-order valence-corrected chi connectivity index (χ4v) is 3.99. The lowest BCUT2D eigenvalue weighted by Crippen LogP contribution is -2.39. The summed E-state index contributed by atoms with van der Waals surface area (Å²) < 4.78 is 0. The first kappa shape index (κ1) is 17.9. The van der Waals surface area contributed by atoms with Gasteiger partial charge in [0, 0.05) is 22.0 Å². The van der Waals surface area contributed by atoms with Crippen molar-refractivity contribution in [2.75, 3.05) is 0 Å². The molecule has 0 unspecified atom stereocenters. The van der Waals surface area contributed by atoms with Crippen molar-refractivity contribution in [3.05, 3.63) is 40.4 Å². The van der Waals surface area contributed by atoms with E-state index in [4.69, 9.17) is 16.7 Å². The molecule has 25 heavy (non-hydrogen) atoms. The van der Waals surface area contributed by atoms with Crippen LogP contribution in [0.3, 0.4) is 0 Å². The number of carboxylic acid groups (broad SMARTS) is 1. The predicted molar refractivity (Wildman–Crippen MR) is 97.8 cm³/mol. The number of rotatable bonds is 5. The highest BCUT2D eigenvalue weighted by Gasteiger charge is 2.26. The second-order valence-corrected chi connectivity index (χ2v) is 7.58. The van der Waals surface area contributed by atoms with Crippen LogP contribution in [0.25, 0.3) is 10.6 Å². The average Bonchev–Trinajstić information content (AvgIpc) is 3.04. The summed E-state index contributed by atoms with van der Waals surface area (Å²) in [6.45, 7) is 0. The predicted octanol–water partition coefficient (Wildman–Crippen LogP) is 3.77. The molecule has 0 aliphatic heterocycles. The Hall–Kier alpha value is -1.92. The Kier molecular flexibility index (Phi) is 5.71. The molecule has 1 aromatic carbocycles. The molecule has 2 aromatic rings. The monoisotopic (exact) mass is 378 g/mol. The number of halogens is 1. The molecular formula is C18H19ClN2O3S. The standard InChI is InChI=1S/C18H19ClN2O3S/c19-13-5-1-11(2-6-13)17-21-15(10-25-17)9-16(22)20-14-7-3-12(4-8-14)18(23)24/h1-2,5-6,10,12,14H,3-4,7-9H2,(H,20,22)(H,23,24). The third kappa shape index (κ3) is 4.80. The van der Waals surface area contributed by atoms with Crippen molar-refractivity contribution in [2.24, 2.45) is 5.92 Å². The van der Waals surface area contributed by atoms with Gasteiger partial charge >= 0.3 is 5.97 Å². The highest BCUT2D eigenvalue weighted by molar-refractivity contribution is 7.13. The normalized spacial score (nSPS) is 20.2. The summed E-state index contributed by atoms with van der Waals surface area (Å²) in [5.74, 6) is -1.07. The lowest BCUT2D eigenvalue weighted by atomic mass is 9.86. The van der Waals surface area contributed by atoms with E-state index in [1.807, 2.05) is 29.6 Å². The number of thiazole rings is 1. The number of aliphatic carboxylic acids is 1. The van der Waals surface area contributed by atoms with Crippen LogP contribution in [0.5, 0.6) is 0 Å². The molecule has 7 heteroatoms. The second kappa shape index (κ2) is 7.97. The topological polar surface area (TPSA) is 79.3 Å². The summed E-state index contributed by atoms with van der Waals surface area (Å²) in [6, 6.07) is 7.52. The Morgan fingerprint density at radius 2 is 1.88 bits per heavy atom. The van der Waals surface area contributed by atoms with Crippen LogP contribution >= 0.6 is 22.9 Å². The summed E-state index contributed by atoms with van der Waals surface area (Å²) >= 11 is 7.39. The van der Waals surface area contributed by atoms with Gasteiger partial charge < -0.3 is 10.4 Å². The maximum atomic E-state index is 12.2. The Labute approximate surface area is 155 Å². The van der Waals surface area contributed by atoms with Gasteiger partial charge in [-0.1, -0.05) is 23.7 Å². The van der Waals surface area contributed by atoms with Crippen LogP contribution in [0, 0.1) is 5.92 Å². The summed E-state index contributed by atoms with van der Waals surface area (Å²) in [5.41, 5.74) is 1.72. The van der Waals surface area contributed by atoms with E-state index in [2.05, 4.69) is 10.3 Å². The molecule has 1 amide bonds. The Bertz CT molecular complexity index is 752. The molecule has 0 bridgehead atoms. The van der Waals surface area contributed by atoms with Crippen LogP contribution in [0.1, 0.15) is 31.4 Å². The number of carbonyl (C=O) groups excluding carboxylic acids is 1. The largest absolute Gasteiger partial charge is 0.481 e. The van der Waals surface area contributed by atoms with Gasteiger partial charge in [-0.2, -0.15) is 0 Å². The van der Waals surface area contributed by atoms with Crippen molar-refractivity contribution in [3.63, 3.8) is 0 Å². The molecule has 2 N–H and O–H groups in total. The Balaban J connectivity index is 1.52. The maximum absolute atomic E-state index is 12.2. The zero-order valence-electron chi connectivity index (χ0n) is 13.6. The Morgan fingerprint density at radius 3 is 2.52 bits per heavy atom. The molecule has 1 aromatic heterocycles. The SMILES string of the molecule is O=C(Cc1csc(-c2ccc(Cl)cc2)n1)NC1CCC(C(=O)O)CC1. The van der Waals surface area contributed by atoms with Gasteiger partial charge in [0.15, 0.2) is 0 Å². The van der Waals surface area contributed by atoms with Crippen LogP contribution in [-0.2, 0) is 16.0 Å². The van der Waals surface area contributed by atoms with E-state index in [0.717, 1.165) is 29.1 Å². The molecule has 3 rings (SSSR count). The minimum absolute atomic E-state index is 0.0632. The number of hydrogen-bond acceptors (Lipinski definition) is 4. The quantitative estimate of drug-likeness (QED) is 0.830. The molecule has 1 aliphatic carbocycles. The zero-order valence-corrected chi connectivity index (χ0v) is 15.1. The number of carboxylic acids is 1. The van der Waals surface area contributed by atoms with E-state index in [0.29, 0.717) is 17.9 Å². The van der Waals surface area contributed by atoms with Gasteiger partial charge in [0.2, 0.25) is 5.91 Å². The highest BCUT2D eigenvalue weighted by atomic mass is 35.5. The molecule has 0 atom stereocenters. The Morgan fingerprint density at radius 1 is 1.20 bits per heavy atom. The van der Waals surface area contributed by atoms with Crippen molar-refractivity contribution in [3.8, 4) is 10.6 Å². The fourth-order valence-electron chi connectivity index (χ4n) is 3.04. The van der Waals surface area contributed by atoms with Crippen LogP contribution < -0.4 is 5.32 Å². The molecule has 0 radical (unpaired) electrons. The van der Waals surface area contributed by atoms with Gasteiger partial charge in [-0.3, -0.25) is 9.59 Å². The average molecular weight is 379 g/mol. The van der Waals surface area contributed by atoms with Crippen molar-refractivity contribution in [1.82, 2.24) is 10.3 Å². The number of hydrogen-bond donors (Lipinski definition) is 2. The summed E-state index contributed by atoms with van der Waals surface area (Å²) in [5, 5.41) is 15.4. The molecule has 5 nitrogen and oxygen atoms in total. The molecule has 132 valence electrons.